The quantitative estimate of drug-likeness (QED) is 0.882. The van der Waals surface area contributed by atoms with Gasteiger partial charge in [-0.15, -0.1) is 0 Å². The number of hydrogen-bond donors (Lipinski definition) is 2. The zero-order chi connectivity index (χ0) is 14.8. The Balaban J connectivity index is 1.81. The van der Waals surface area contributed by atoms with Crippen LogP contribution < -0.4 is 5.32 Å². The summed E-state index contributed by atoms with van der Waals surface area (Å²) in [6.07, 6.45) is 2.00. The van der Waals surface area contributed by atoms with E-state index in [1.54, 1.807) is 15.8 Å². The molecule has 0 spiro atoms. The second-order valence-corrected chi connectivity index (χ2v) is 5.25. The van der Waals surface area contributed by atoms with Crippen molar-refractivity contribution in [3.63, 3.8) is 0 Å². The molecule has 0 aliphatic carbocycles. The van der Waals surface area contributed by atoms with Crippen LogP contribution in [0.5, 0.6) is 0 Å². The minimum Gasteiger partial charge on any atom is -0.391 e. The molecule has 21 heavy (non-hydrogen) atoms. The maximum atomic E-state index is 12.2. The zero-order valence-electron chi connectivity index (χ0n) is 11.9. The predicted octanol–water partition coefficient (Wildman–Crippen LogP) is 1.69. The molecule has 2 heterocycles. The number of carbonyl (C=O) groups excluding carboxylic acids is 1. The number of urea groups is 1. The number of likely N-dealkylation sites (tertiary alicyclic amines) is 1. The number of carbonyl (C=O) groups is 1. The summed E-state index contributed by atoms with van der Waals surface area (Å²) in [5.41, 5.74) is 2.37. The first-order valence-electron chi connectivity index (χ1n) is 6.96. The Morgan fingerprint density at radius 1 is 1.38 bits per heavy atom. The summed E-state index contributed by atoms with van der Waals surface area (Å²) in [5, 5.41) is 16.8. The van der Waals surface area contributed by atoms with Crippen molar-refractivity contribution >= 4 is 11.7 Å². The molecular formula is C15H18N4O2. The second kappa shape index (κ2) is 5.57. The van der Waals surface area contributed by atoms with Crippen LogP contribution in [0, 0.1) is 0 Å². The SMILES string of the molecule is Cn1cc(NC(=O)N2CC[C@H](O)C2)c(-c2ccccc2)n1. The van der Waals surface area contributed by atoms with Crippen LogP contribution in [0.25, 0.3) is 11.3 Å². The molecule has 2 amide bonds. The summed E-state index contributed by atoms with van der Waals surface area (Å²) in [6.45, 7) is 0.959. The van der Waals surface area contributed by atoms with Gasteiger partial charge in [0.25, 0.3) is 0 Å². The van der Waals surface area contributed by atoms with Crippen LogP contribution in [0.4, 0.5) is 10.5 Å². The molecule has 1 aliphatic heterocycles. The molecule has 1 aromatic carbocycles. The summed E-state index contributed by atoms with van der Waals surface area (Å²) in [7, 11) is 1.82. The van der Waals surface area contributed by atoms with E-state index in [0.717, 1.165) is 11.3 Å². The second-order valence-electron chi connectivity index (χ2n) is 5.25. The molecule has 0 saturated carbocycles. The average molecular weight is 286 g/mol. The van der Waals surface area contributed by atoms with E-state index in [1.807, 2.05) is 37.4 Å². The highest BCUT2D eigenvalue weighted by Crippen LogP contribution is 2.26. The minimum absolute atomic E-state index is 0.197. The number of aromatic nitrogens is 2. The molecule has 0 bridgehead atoms. The molecule has 3 rings (SSSR count). The standard InChI is InChI=1S/C15H18N4O2/c1-18-10-13(14(17-18)11-5-3-2-4-6-11)16-15(21)19-8-7-12(20)9-19/h2-6,10,12,20H,7-9H2,1H3,(H,16,21)/t12-/m0/s1. The summed E-state index contributed by atoms with van der Waals surface area (Å²) >= 11 is 0. The van der Waals surface area contributed by atoms with E-state index in [1.165, 1.54) is 0 Å². The van der Waals surface area contributed by atoms with Gasteiger partial charge in [0, 0.05) is 31.9 Å². The Kier molecular flexibility index (Phi) is 3.62. The number of hydrogen-bond acceptors (Lipinski definition) is 3. The molecule has 6 heteroatoms. The number of aryl methyl sites for hydroxylation is 1. The lowest BCUT2D eigenvalue weighted by Gasteiger charge is -2.16. The highest BCUT2D eigenvalue weighted by Gasteiger charge is 2.25. The maximum absolute atomic E-state index is 12.2. The van der Waals surface area contributed by atoms with Crippen LogP contribution in [0.1, 0.15) is 6.42 Å². The van der Waals surface area contributed by atoms with E-state index < -0.39 is 6.10 Å². The lowest BCUT2D eigenvalue weighted by Crippen LogP contribution is -2.33. The Morgan fingerprint density at radius 3 is 2.81 bits per heavy atom. The van der Waals surface area contributed by atoms with Crippen molar-refractivity contribution in [1.82, 2.24) is 14.7 Å². The fourth-order valence-corrected chi connectivity index (χ4v) is 2.51. The number of aliphatic hydroxyl groups excluding tert-OH is 1. The number of aliphatic hydroxyl groups is 1. The topological polar surface area (TPSA) is 70.4 Å². The highest BCUT2D eigenvalue weighted by atomic mass is 16.3. The molecule has 1 atom stereocenters. The predicted molar refractivity (Wildman–Crippen MR) is 79.9 cm³/mol. The third-order valence-electron chi connectivity index (χ3n) is 3.57. The van der Waals surface area contributed by atoms with E-state index in [0.29, 0.717) is 25.2 Å². The Hall–Kier alpha value is -2.34. The van der Waals surface area contributed by atoms with Crippen LogP contribution >= 0.6 is 0 Å². The number of rotatable bonds is 2. The first-order chi connectivity index (χ1) is 10.1. The molecule has 6 nitrogen and oxygen atoms in total. The molecule has 0 unspecified atom stereocenters. The Morgan fingerprint density at radius 2 is 2.14 bits per heavy atom. The van der Waals surface area contributed by atoms with Crippen molar-refractivity contribution in [2.75, 3.05) is 18.4 Å². The summed E-state index contributed by atoms with van der Waals surface area (Å²) < 4.78 is 1.68. The third kappa shape index (κ3) is 2.90. The van der Waals surface area contributed by atoms with Crippen molar-refractivity contribution in [2.24, 2.45) is 7.05 Å². The number of benzene rings is 1. The Bertz CT molecular complexity index is 638. The molecule has 1 aliphatic rings. The molecular weight excluding hydrogens is 268 g/mol. The van der Waals surface area contributed by atoms with Crippen LogP contribution in [-0.2, 0) is 7.05 Å². The summed E-state index contributed by atoms with van der Waals surface area (Å²) in [5.74, 6) is 0. The van der Waals surface area contributed by atoms with E-state index in [-0.39, 0.29) is 6.03 Å². The smallest absolute Gasteiger partial charge is 0.322 e. The van der Waals surface area contributed by atoms with Gasteiger partial charge in [0.15, 0.2) is 0 Å². The lowest BCUT2D eigenvalue weighted by molar-refractivity contribution is 0.176. The van der Waals surface area contributed by atoms with Gasteiger partial charge in [0.1, 0.15) is 5.69 Å². The summed E-state index contributed by atoms with van der Waals surface area (Å²) in [4.78, 5) is 13.8. The number of nitrogens with one attached hydrogen (secondary N) is 1. The maximum Gasteiger partial charge on any atom is 0.322 e. The number of amides is 2. The van der Waals surface area contributed by atoms with Gasteiger partial charge in [-0.3, -0.25) is 4.68 Å². The van der Waals surface area contributed by atoms with Gasteiger partial charge in [0.05, 0.1) is 11.8 Å². The van der Waals surface area contributed by atoms with Crippen molar-refractivity contribution in [2.45, 2.75) is 12.5 Å². The van der Waals surface area contributed by atoms with Gasteiger partial charge >= 0.3 is 6.03 Å². The van der Waals surface area contributed by atoms with Gasteiger partial charge < -0.3 is 15.3 Å². The van der Waals surface area contributed by atoms with Crippen LogP contribution in [-0.4, -0.2) is 45.0 Å². The molecule has 110 valence electrons. The van der Waals surface area contributed by atoms with Gasteiger partial charge in [-0.25, -0.2) is 4.79 Å². The number of β-amino-alcohol motifs (C(OH)–C–C–N with tert-alkyl or cyclic N) is 1. The van der Waals surface area contributed by atoms with E-state index in [4.69, 9.17) is 0 Å². The van der Waals surface area contributed by atoms with E-state index in [2.05, 4.69) is 10.4 Å². The fourth-order valence-electron chi connectivity index (χ4n) is 2.51. The molecule has 2 aromatic rings. The largest absolute Gasteiger partial charge is 0.391 e. The minimum atomic E-state index is -0.418. The summed E-state index contributed by atoms with van der Waals surface area (Å²) in [6, 6.07) is 9.53. The first-order valence-corrected chi connectivity index (χ1v) is 6.96. The molecule has 0 radical (unpaired) electrons. The van der Waals surface area contributed by atoms with E-state index in [9.17, 15) is 9.90 Å². The third-order valence-corrected chi connectivity index (χ3v) is 3.57. The van der Waals surface area contributed by atoms with Gasteiger partial charge in [-0.05, 0) is 6.42 Å². The van der Waals surface area contributed by atoms with Crippen LogP contribution in [0.3, 0.4) is 0 Å². The van der Waals surface area contributed by atoms with E-state index >= 15 is 0 Å². The monoisotopic (exact) mass is 286 g/mol. The van der Waals surface area contributed by atoms with Crippen molar-refractivity contribution in [3.8, 4) is 11.3 Å². The van der Waals surface area contributed by atoms with Crippen molar-refractivity contribution < 1.29 is 9.90 Å². The first kappa shape index (κ1) is 13.6. The number of nitrogens with zero attached hydrogens (tertiary/aromatic N) is 3. The van der Waals surface area contributed by atoms with Gasteiger partial charge in [-0.1, -0.05) is 30.3 Å². The fraction of sp³-hybridized carbons (Fsp3) is 0.333. The average Bonchev–Trinajstić information content (AvgIpc) is 3.06. The van der Waals surface area contributed by atoms with Crippen LogP contribution in [0.2, 0.25) is 0 Å². The normalized spacial score (nSPS) is 18.0. The van der Waals surface area contributed by atoms with Gasteiger partial charge in [0.2, 0.25) is 0 Å². The van der Waals surface area contributed by atoms with Gasteiger partial charge in [-0.2, -0.15) is 5.10 Å². The molecule has 1 saturated heterocycles. The zero-order valence-corrected chi connectivity index (χ0v) is 11.9. The molecule has 1 aromatic heterocycles. The lowest BCUT2D eigenvalue weighted by atomic mass is 10.1. The number of anilines is 1. The molecule has 2 N–H and O–H groups in total. The molecule has 1 fully saturated rings. The van der Waals surface area contributed by atoms with Crippen molar-refractivity contribution in [1.29, 1.82) is 0 Å². The van der Waals surface area contributed by atoms with Crippen molar-refractivity contribution in [3.05, 3.63) is 36.5 Å². The highest BCUT2D eigenvalue weighted by molar-refractivity contribution is 5.93. The van der Waals surface area contributed by atoms with Crippen LogP contribution in [0.15, 0.2) is 36.5 Å². The Labute approximate surface area is 123 Å².